The molecule has 3 aromatic rings. The molecule has 0 unspecified atom stereocenters. The van der Waals surface area contributed by atoms with Crippen LogP contribution >= 0.6 is 0 Å². The highest BCUT2D eigenvalue weighted by Gasteiger charge is 2.28. The smallest absolute Gasteiger partial charge is 0.333 e. The van der Waals surface area contributed by atoms with E-state index in [-0.39, 0.29) is 11.7 Å². The van der Waals surface area contributed by atoms with Crippen LogP contribution in [0.1, 0.15) is 50.1 Å². The molecule has 1 saturated carbocycles. The zero-order valence-corrected chi connectivity index (χ0v) is 23.3. The Balaban J connectivity index is 1.22. The van der Waals surface area contributed by atoms with Crippen molar-refractivity contribution in [1.29, 1.82) is 0 Å². The fourth-order valence-corrected chi connectivity index (χ4v) is 6.41. The molecule has 39 heavy (non-hydrogen) atoms. The van der Waals surface area contributed by atoms with Crippen molar-refractivity contribution < 1.29 is 4.74 Å². The summed E-state index contributed by atoms with van der Waals surface area (Å²) >= 11 is 0. The summed E-state index contributed by atoms with van der Waals surface area (Å²) in [6.07, 6.45) is 10.1. The fourth-order valence-electron chi connectivity index (χ4n) is 6.41. The lowest BCUT2D eigenvalue weighted by atomic mass is 9.90. The molecule has 2 aromatic heterocycles. The molecular formula is C30H41N7O2. The summed E-state index contributed by atoms with van der Waals surface area (Å²) in [6.45, 7) is 8.11. The first-order chi connectivity index (χ1) is 19.0. The first-order valence-electron chi connectivity index (χ1n) is 14.6. The fraction of sp³-hybridized carbons (Fsp3) is 0.567. The van der Waals surface area contributed by atoms with Crippen molar-refractivity contribution in [2.75, 3.05) is 51.8 Å². The molecule has 2 aliphatic heterocycles. The maximum absolute atomic E-state index is 13.8. The molecule has 2 saturated heterocycles. The van der Waals surface area contributed by atoms with Gasteiger partial charge in [-0.15, -0.1) is 0 Å². The lowest BCUT2D eigenvalue weighted by molar-refractivity contribution is 0.0686. The van der Waals surface area contributed by atoms with E-state index in [4.69, 9.17) is 9.72 Å². The highest BCUT2D eigenvalue weighted by atomic mass is 16.5. The van der Waals surface area contributed by atoms with Crippen LogP contribution in [0.25, 0.3) is 17.1 Å². The molecule has 4 heterocycles. The van der Waals surface area contributed by atoms with Gasteiger partial charge in [-0.05, 0) is 76.3 Å². The summed E-state index contributed by atoms with van der Waals surface area (Å²) in [5.74, 6) is 0.637. The second-order valence-electron chi connectivity index (χ2n) is 11.5. The molecule has 0 radical (unpaired) electrons. The average Bonchev–Trinajstić information content (AvgIpc) is 3.31. The number of hydrogen-bond donors (Lipinski definition) is 1. The van der Waals surface area contributed by atoms with Crippen LogP contribution in [0, 0.1) is 6.92 Å². The zero-order chi connectivity index (χ0) is 26.8. The Bertz CT molecular complexity index is 1310. The molecular weight excluding hydrogens is 490 g/mol. The number of likely N-dealkylation sites (N-methyl/N-ethyl adjacent to an activating group) is 1. The van der Waals surface area contributed by atoms with Gasteiger partial charge in [0.1, 0.15) is 0 Å². The summed E-state index contributed by atoms with van der Waals surface area (Å²) in [5.41, 5.74) is 3.49. The van der Waals surface area contributed by atoms with Crippen molar-refractivity contribution in [3.05, 3.63) is 58.8 Å². The van der Waals surface area contributed by atoms with Crippen LogP contribution in [0.4, 0.5) is 5.95 Å². The SMILES string of the molecule is Cc1cccc(-n2c(-c3ccnc(N[C@H]4CC[C@H](N5CCN(C)CC5)CC4)n3)cn(C3CCOCC3)c2=O)c1. The molecule has 3 fully saturated rings. The predicted octanol–water partition coefficient (Wildman–Crippen LogP) is 3.73. The molecule has 1 N–H and O–H groups in total. The molecule has 208 valence electrons. The number of hydrogen-bond acceptors (Lipinski definition) is 7. The number of aromatic nitrogens is 4. The topological polar surface area (TPSA) is 80.5 Å². The summed E-state index contributed by atoms with van der Waals surface area (Å²) in [6, 6.07) is 11.2. The van der Waals surface area contributed by atoms with Crippen LogP contribution in [0.2, 0.25) is 0 Å². The number of aryl methyl sites for hydroxylation is 1. The Kier molecular flexibility index (Phi) is 7.81. The molecule has 0 bridgehead atoms. The minimum atomic E-state index is -0.0298. The minimum absolute atomic E-state index is 0.0298. The minimum Gasteiger partial charge on any atom is -0.381 e. The normalized spacial score (nSPS) is 23.6. The third-order valence-electron chi connectivity index (χ3n) is 8.76. The third kappa shape index (κ3) is 5.81. The van der Waals surface area contributed by atoms with Crippen LogP contribution in [-0.4, -0.2) is 87.4 Å². The Morgan fingerprint density at radius 3 is 2.46 bits per heavy atom. The summed E-state index contributed by atoms with van der Waals surface area (Å²) in [5, 5.41) is 3.61. The van der Waals surface area contributed by atoms with Crippen molar-refractivity contribution in [2.24, 2.45) is 0 Å². The van der Waals surface area contributed by atoms with Crippen molar-refractivity contribution in [2.45, 2.75) is 63.6 Å². The van der Waals surface area contributed by atoms with Crippen LogP contribution in [0.15, 0.2) is 47.5 Å². The Morgan fingerprint density at radius 2 is 1.72 bits per heavy atom. The van der Waals surface area contributed by atoms with E-state index in [2.05, 4.69) is 46.2 Å². The Morgan fingerprint density at radius 1 is 0.949 bits per heavy atom. The van der Waals surface area contributed by atoms with Crippen LogP contribution < -0.4 is 11.0 Å². The van der Waals surface area contributed by atoms with E-state index < -0.39 is 0 Å². The largest absolute Gasteiger partial charge is 0.381 e. The summed E-state index contributed by atoms with van der Waals surface area (Å²) in [7, 11) is 2.21. The maximum atomic E-state index is 13.8. The zero-order valence-electron chi connectivity index (χ0n) is 23.3. The van der Waals surface area contributed by atoms with Gasteiger partial charge in [0.05, 0.1) is 17.1 Å². The molecule has 0 spiro atoms. The van der Waals surface area contributed by atoms with Crippen LogP contribution in [0.3, 0.4) is 0 Å². The molecule has 9 nitrogen and oxygen atoms in total. The number of imidazole rings is 1. The summed E-state index contributed by atoms with van der Waals surface area (Å²) in [4.78, 5) is 28.4. The van der Waals surface area contributed by atoms with E-state index in [9.17, 15) is 4.79 Å². The molecule has 3 aliphatic rings. The number of anilines is 1. The lowest BCUT2D eigenvalue weighted by Crippen LogP contribution is -2.50. The number of ether oxygens (including phenoxy) is 1. The van der Waals surface area contributed by atoms with E-state index in [0.29, 0.717) is 31.2 Å². The average molecular weight is 532 g/mol. The van der Waals surface area contributed by atoms with E-state index >= 15 is 0 Å². The number of rotatable bonds is 6. The van der Waals surface area contributed by atoms with E-state index in [1.807, 2.05) is 29.0 Å². The highest BCUT2D eigenvalue weighted by Crippen LogP contribution is 2.28. The van der Waals surface area contributed by atoms with Gasteiger partial charge in [0, 0.05) is 69.9 Å². The van der Waals surface area contributed by atoms with Gasteiger partial charge in [-0.25, -0.2) is 14.8 Å². The molecule has 1 aliphatic carbocycles. The molecule has 0 atom stereocenters. The van der Waals surface area contributed by atoms with Gasteiger partial charge in [-0.3, -0.25) is 14.0 Å². The molecule has 6 rings (SSSR count). The van der Waals surface area contributed by atoms with Crippen molar-refractivity contribution >= 4 is 5.95 Å². The highest BCUT2D eigenvalue weighted by molar-refractivity contribution is 5.59. The van der Waals surface area contributed by atoms with Crippen molar-refractivity contribution in [1.82, 2.24) is 28.9 Å². The number of nitrogens with one attached hydrogen (secondary N) is 1. The van der Waals surface area contributed by atoms with E-state index in [1.54, 1.807) is 10.8 Å². The van der Waals surface area contributed by atoms with Crippen molar-refractivity contribution in [3.63, 3.8) is 0 Å². The summed E-state index contributed by atoms with van der Waals surface area (Å²) < 4.78 is 9.25. The maximum Gasteiger partial charge on any atom is 0.333 e. The first kappa shape index (κ1) is 26.2. The number of benzene rings is 1. The van der Waals surface area contributed by atoms with Gasteiger partial charge in [0.15, 0.2) is 0 Å². The van der Waals surface area contributed by atoms with Gasteiger partial charge in [0.25, 0.3) is 0 Å². The van der Waals surface area contributed by atoms with Crippen molar-refractivity contribution in [3.8, 4) is 17.1 Å². The molecule has 1 aromatic carbocycles. The Labute approximate surface area is 230 Å². The standard InChI is InChI=1S/C30H41N7O2/c1-22-4-3-5-26(20-22)37-28(21-36(30(37)38)25-11-18-39-19-12-25)27-10-13-31-29(33-27)32-23-6-8-24(9-7-23)35-16-14-34(2)15-17-35/h3-5,10,13,20-21,23-25H,6-9,11-12,14-19H2,1-2H3,(H,31,32,33)/t23-,24-. The van der Waals surface area contributed by atoms with E-state index in [1.165, 1.54) is 39.0 Å². The monoisotopic (exact) mass is 531 g/mol. The second kappa shape index (κ2) is 11.6. The number of piperazine rings is 1. The van der Waals surface area contributed by atoms with Gasteiger partial charge in [0.2, 0.25) is 5.95 Å². The molecule has 0 amide bonds. The van der Waals surface area contributed by atoms with Crippen LogP contribution in [0.5, 0.6) is 0 Å². The first-order valence-corrected chi connectivity index (χ1v) is 14.6. The lowest BCUT2D eigenvalue weighted by Gasteiger charge is -2.41. The third-order valence-corrected chi connectivity index (χ3v) is 8.76. The van der Waals surface area contributed by atoms with Gasteiger partial charge >= 0.3 is 5.69 Å². The Hall–Kier alpha value is -3.01. The molecule has 9 heteroatoms. The van der Waals surface area contributed by atoms with Gasteiger partial charge < -0.3 is 15.0 Å². The number of nitrogens with zero attached hydrogens (tertiary/aromatic N) is 6. The van der Waals surface area contributed by atoms with E-state index in [0.717, 1.165) is 48.3 Å². The van der Waals surface area contributed by atoms with Gasteiger partial charge in [-0.2, -0.15) is 0 Å². The van der Waals surface area contributed by atoms with Crippen LogP contribution in [-0.2, 0) is 4.74 Å². The van der Waals surface area contributed by atoms with Gasteiger partial charge in [-0.1, -0.05) is 12.1 Å². The quantitative estimate of drug-likeness (QED) is 0.519. The second-order valence-corrected chi connectivity index (χ2v) is 11.5. The predicted molar refractivity (Wildman–Crippen MR) is 154 cm³/mol.